The van der Waals surface area contributed by atoms with Crippen molar-refractivity contribution in [3.8, 4) is 16.9 Å². The third-order valence-electron chi connectivity index (χ3n) is 6.54. The van der Waals surface area contributed by atoms with Crippen LogP contribution in [0.4, 0.5) is 20.3 Å². The highest BCUT2D eigenvalue weighted by Gasteiger charge is 2.31. The van der Waals surface area contributed by atoms with Crippen LogP contribution in [0.1, 0.15) is 12.0 Å². The molecule has 2 aliphatic heterocycles. The van der Waals surface area contributed by atoms with Crippen LogP contribution in [0.5, 0.6) is 5.75 Å². The minimum Gasteiger partial charge on any atom is -0.507 e. The van der Waals surface area contributed by atoms with E-state index in [1.807, 2.05) is 4.90 Å². The van der Waals surface area contributed by atoms with E-state index in [1.54, 1.807) is 4.90 Å². The number of pyridine rings is 1. The highest BCUT2D eigenvalue weighted by Crippen LogP contribution is 2.45. The van der Waals surface area contributed by atoms with Crippen LogP contribution in [0.2, 0.25) is 5.02 Å². The van der Waals surface area contributed by atoms with Crippen molar-refractivity contribution in [2.24, 2.45) is 0 Å². The van der Waals surface area contributed by atoms with Gasteiger partial charge in [-0.3, -0.25) is 4.79 Å². The van der Waals surface area contributed by atoms with E-state index in [9.17, 15) is 19.4 Å². The highest BCUT2D eigenvalue weighted by molar-refractivity contribution is 6.34. The second-order valence-corrected chi connectivity index (χ2v) is 8.99. The number of phenols is 1. The van der Waals surface area contributed by atoms with E-state index < -0.39 is 23.6 Å². The number of hydrogen-bond donors (Lipinski definition) is 3. The van der Waals surface area contributed by atoms with Gasteiger partial charge in [0.25, 0.3) is 0 Å². The van der Waals surface area contributed by atoms with Gasteiger partial charge in [-0.2, -0.15) is 0 Å². The van der Waals surface area contributed by atoms with Gasteiger partial charge in [0.15, 0.2) is 5.82 Å². The maximum Gasteiger partial charge on any atom is 0.246 e. The van der Waals surface area contributed by atoms with Gasteiger partial charge in [-0.25, -0.2) is 13.8 Å². The molecule has 1 aromatic heterocycles. The van der Waals surface area contributed by atoms with E-state index in [0.29, 0.717) is 55.9 Å². The Hall–Kier alpha value is -3.43. The lowest BCUT2D eigenvalue weighted by Gasteiger charge is -2.38. The first kappa shape index (κ1) is 23.3. The number of aromatic nitrogens is 1. The molecule has 0 aliphatic carbocycles. The molecule has 35 heavy (non-hydrogen) atoms. The van der Waals surface area contributed by atoms with Crippen LogP contribution in [0.3, 0.4) is 0 Å². The summed E-state index contributed by atoms with van der Waals surface area (Å²) in [6, 6.07) is 5.22. The van der Waals surface area contributed by atoms with Crippen LogP contribution in [0, 0.1) is 11.6 Å². The maximum atomic E-state index is 16.0. The number of aliphatic hydroxyl groups excluding tert-OH is 1. The number of nitrogens with one attached hydrogen (secondary N) is 1. The van der Waals surface area contributed by atoms with Crippen LogP contribution in [0.15, 0.2) is 36.9 Å². The summed E-state index contributed by atoms with van der Waals surface area (Å²) in [4.78, 5) is 20.2. The number of benzene rings is 2. The second-order valence-electron chi connectivity index (χ2n) is 8.58. The lowest BCUT2D eigenvalue weighted by Crippen LogP contribution is -2.48. The van der Waals surface area contributed by atoms with Crippen LogP contribution in [-0.2, 0) is 11.2 Å². The first-order valence-corrected chi connectivity index (χ1v) is 11.6. The number of carbonyl (C=O) groups is 1. The Morgan fingerprint density at radius 3 is 2.66 bits per heavy atom. The summed E-state index contributed by atoms with van der Waals surface area (Å²) < 4.78 is 30.6. The predicted molar refractivity (Wildman–Crippen MR) is 131 cm³/mol. The molecule has 0 saturated carbocycles. The fourth-order valence-electron chi connectivity index (χ4n) is 4.85. The molecule has 1 saturated heterocycles. The van der Waals surface area contributed by atoms with Crippen LogP contribution >= 0.6 is 11.6 Å². The number of halogens is 3. The zero-order chi connectivity index (χ0) is 24.9. The summed E-state index contributed by atoms with van der Waals surface area (Å²) in [6.07, 6.45) is 1.38. The van der Waals surface area contributed by atoms with Crippen LogP contribution in [0.25, 0.3) is 22.0 Å². The van der Waals surface area contributed by atoms with E-state index in [-0.39, 0.29) is 27.6 Å². The molecule has 182 valence electrons. The van der Waals surface area contributed by atoms with E-state index in [4.69, 9.17) is 11.6 Å². The number of phenolic OH excluding ortho intramolecular Hbond substituents is 1. The Bertz CT molecular complexity index is 1340. The molecule has 5 rings (SSSR count). The molecule has 1 atom stereocenters. The number of carbonyl (C=O) groups excluding carboxylic acids is 1. The molecule has 0 spiro atoms. The smallest absolute Gasteiger partial charge is 0.246 e. The second kappa shape index (κ2) is 8.98. The molecule has 7 nitrogen and oxygen atoms in total. The van der Waals surface area contributed by atoms with Gasteiger partial charge in [0, 0.05) is 42.7 Å². The van der Waals surface area contributed by atoms with Crippen molar-refractivity contribution >= 4 is 39.9 Å². The standard InChI is InChI=1S/C25H23ClF2N4O3/c1-2-19(35)31-8-10-32(11-9-31)24-13-6-7-18(34)29-25(13)30-23-14(24)12-15(26)20(22(23)28)21-16(27)4-3-5-17(21)33/h2-5,12,18,33-34H,1,6-11H2,(H,29,30). The third kappa shape index (κ3) is 3.94. The van der Waals surface area contributed by atoms with Gasteiger partial charge in [0.2, 0.25) is 5.91 Å². The summed E-state index contributed by atoms with van der Waals surface area (Å²) in [7, 11) is 0. The van der Waals surface area contributed by atoms with Crippen molar-refractivity contribution in [1.29, 1.82) is 0 Å². The summed E-state index contributed by atoms with van der Waals surface area (Å²) in [5.41, 5.74) is 0.823. The van der Waals surface area contributed by atoms with Gasteiger partial charge in [-0.1, -0.05) is 24.2 Å². The largest absolute Gasteiger partial charge is 0.507 e. The predicted octanol–water partition coefficient (Wildman–Crippen LogP) is 4.05. The molecule has 3 N–H and O–H groups in total. The highest BCUT2D eigenvalue weighted by atomic mass is 35.5. The minimum absolute atomic E-state index is 0.0630. The van der Waals surface area contributed by atoms with Crippen LogP contribution < -0.4 is 10.2 Å². The molecular weight excluding hydrogens is 478 g/mol. The number of rotatable bonds is 3. The Kier molecular flexibility index (Phi) is 5.98. The van der Waals surface area contributed by atoms with Crippen molar-refractivity contribution in [1.82, 2.24) is 9.88 Å². The Morgan fingerprint density at radius 2 is 1.97 bits per heavy atom. The number of piperazine rings is 1. The van der Waals surface area contributed by atoms with Crippen LogP contribution in [-0.4, -0.2) is 58.4 Å². The molecule has 1 fully saturated rings. The molecule has 3 aromatic rings. The number of anilines is 2. The number of nitrogens with zero attached hydrogens (tertiary/aromatic N) is 3. The number of aromatic hydroxyl groups is 1. The molecule has 10 heteroatoms. The van der Waals surface area contributed by atoms with Gasteiger partial charge in [0.1, 0.15) is 29.1 Å². The van der Waals surface area contributed by atoms with Gasteiger partial charge in [-0.15, -0.1) is 0 Å². The third-order valence-corrected chi connectivity index (χ3v) is 6.84. The Balaban J connectivity index is 1.71. The summed E-state index contributed by atoms with van der Waals surface area (Å²) in [5.74, 6) is -1.96. The Labute approximate surface area is 205 Å². The molecule has 2 aromatic carbocycles. The fourth-order valence-corrected chi connectivity index (χ4v) is 5.14. The SMILES string of the molecule is C=CC(=O)N1CCN(c2c3c(nc4c(F)c(-c5c(O)cccc5F)c(Cl)cc24)NC(O)CC3)CC1. The zero-order valence-corrected chi connectivity index (χ0v) is 19.4. The van der Waals surface area contributed by atoms with Gasteiger partial charge in [0.05, 0.1) is 16.3 Å². The number of fused-ring (bicyclic) bond motifs is 2. The number of aliphatic hydroxyl groups is 1. The average Bonchev–Trinajstić information content (AvgIpc) is 2.84. The summed E-state index contributed by atoms with van der Waals surface area (Å²) in [5, 5.41) is 23.7. The van der Waals surface area contributed by atoms with E-state index in [0.717, 1.165) is 11.6 Å². The topological polar surface area (TPSA) is 88.9 Å². The molecule has 3 heterocycles. The molecule has 0 bridgehead atoms. The Morgan fingerprint density at radius 1 is 1.23 bits per heavy atom. The molecular formula is C25H23ClF2N4O3. The first-order chi connectivity index (χ1) is 16.8. The van der Waals surface area contributed by atoms with Gasteiger partial charge in [-0.05, 0) is 37.1 Å². The average molecular weight is 501 g/mol. The van der Waals surface area contributed by atoms with Crippen molar-refractivity contribution in [2.75, 3.05) is 36.4 Å². The van der Waals surface area contributed by atoms with Crippen molar-refractivity contribution in [3.63, 3.8) is 0 Å². The zero-order valence-electron chi connectivity index (χ0n) is 18.7. The summed E-state index contributed by atoms with van der Waals surface area (Å²) in [6.45, 7) is 5.43. The normalized spacial score (nSPS) is 17.8. The van der Waals surface area contributed by atoms with Gasteiger partial charge >= 0.3 is 0 Å². The number of hydrogen-bond acceptors (Lipinski definition) is 6. The van der Waals surface area contributed by atoms with E-state index >= 15 is 4.39 Å². The minimum atomic E-state index is -0.876. The quantitative estimate of drug-likeness (QED) is 0.470. The first-order valence-electron chi connectivity index (χ1n) is 11.2. The van der Waals surface area contributed by atoms with E-state index in [2.05, 4.69) is 16.9 Å². The van der Waals surface area contributed by atoms with Crippen molar-refractivity contribution in [2.45, 2.75) is 19.1 Å². The molecule has 1 amide bonds. The van der Waals surface area contributed by atoms with Crippen molar-refractivity contribution < 1.29 is 23.8 Å². The monoisotopic (exact) mass is 500 g/mol. The molecule has 2 aliphatic rings. The number of amides is 1. The van der Waals surface area contributed by atoms with Gasteiger partial charge < -0.3 is 25.3 Å². The lowest BCUT2D eigenvalue weighted by atomic mass is 9.96. The van der Waals surface area contributed by atoms with E-state index in [1.165, 1.54) is 24.3 Å². The summed E-state index contributed by atoms with van der Waals surface area (Å²) >= 11 is 6.50. The maximum absolute atomic E-state index is 16.0. The molecule has 0 radical (unpaired) electrons. The lowest BCUT2D eigenvalue weighted by molar-refractivity contribution is -0.126. The van der Waals surface area contributed by atoms with Crippen molar-refractivity contribution in [3.05, 3.63) is 59.1 Å². The fraction of sp³-hybridized carbons (Fsp3) is 0.280. The molecule has 1 unspecified atom stereocenters.